The van der Waals surface area contributed by atoms with Crippen LogP contribution in [0.3, 0.4) is 0 Å². The molecule has 19 heavy (non-hydrogen) atoms. The van der Waals surface area contributed by atoms with Gasteiger partial charge in [0.15, 0.2) is 0 Å². The monoisotopic (exact) mass is 334 g/mol. The van der Waals surface area contributed by atoms with Crippen LogP contribution in [0.5, 0.6) is 0 Å². The molecule has 0 radical (unpaired) electrons. The fourth-order valence-electron chi connectivity index (χ4n) is 2.77. The summed E-state index contributed by atoms with van der Waals surface area (Å²) >= 11 is 3.04. The molecule has 106 valence electrons. The van der Waals surface area contributed by atoms with E-state index >= 15 is 0 Å². The van der Waals surface area contributed by atoms with Gasteiger partial charge in [-0.05, 0) is 40.9 Å². The fourth-order valence-corrected chi connectivity index (χ4v) is 3.14. The van der Waals surface area contributed by atoms with Crippen LogP contribution in [0, 0.1) is 11.6 Å². The second-order valence-corrected chi connectivity index (χ2v) is 5.93. The Morgan fingerprint density at radius 3 is 2.84 bits per heavy atom. The largest absolute Gasteiger partial charge is 0.387 e. The molecule has 0 aliphatic heterocycles. The van der Waals surface area contributed by atoms with Gasteiger partial charge in [0.25, 0.3) is 0 Å². The van der Waals surface area contributed by atoms with E-state index in [1.807, 2.05) is 0 Å². The Balaban J connectivity index is 2.31. The number of ether oxygens (including phenoxy) is 1. The van der Waals surface area contributed by atoms with Crippen LogP contribution >= 0.6 is 15.9 Å². The molecule has 1 aromatic carbocycles. The molecule has 5 heteroatoms. The third-order valence-electron chi connectivity index (χ3n) is 3.83. The number of hydrogen-bond acceptors (Lipinski definition) is 2. The molecule has 0 spiro atoms. The van der Waals surface area contributed by atoms with Gasteiger partial charge in [-0.25, -0.2) is 8.78 Å². The van der Waals surface area contributed by atoms with Crippen LogP contribution < -0.4 is 0 Å². The summed E-state index contributed by atoms with van der Waals surface area (Å²) in [6.45, 7) is 0. The van der Waals surface area contributed by atoms with Gasteiger partial charge in [0.1, 0.15) is 11.6 Å². The van der Waals surface area contributed by atoms with Gasteiger partial charge in [-0.1, -0.05) is 12.8 Å². The van der Waals surface area contributed by atoms with Crippen LogP contribution in [0.4, 0.5) is 8.78 Å². The molecule has 1 fully saturated rings. The standard InChI is InChI=1S/C14H17BrF2O2/c1-19-12-4-2-3-7-14(12,18)8-9-11(16)6-5-10(15)13(9)17/h5-6,12,18H,2-4,7-8H2,1H3. The Kier molecular flexibility index (Phi) is 4.58. The maximum Gasteiger partial charge on any atom is 0.143 e. The van der Waals surface area contributed by atoms with Crippen LogP contribution in [0.25, 0.3) is 0 Å². The van der Waals surface area contributed by atoms with E-state index in [0.29, 0.717) is 12.8 Å². The van der Waals surface area contributed by atoms with Crippen molar-refractivity contribution in [3.05, 3.63) is 33.8 Å². The van der Waals surface area contributed by atoms with E-state index in [4.69, 9.17) is 4.74 Å². The molecule has 1 N–H and O–H groups in total. The van der Waals surface area contributed by atoms with Crippen molar-refractivity contribution >= 4 is 15.9 Å². The Morgan fingerprint density at radius 2 is 2.16 bits per heavy atom. The predicted molar refractivity (Wildman–Crippen MR) is 72.0 cm³/mol. The van der Waals surface area contributed by atoms with Crippen molar-refractivity contribution in [2.45, 2.75) is 43.8 Å². The van der Waals surface area contributed by atoms with Crippen molar-refractivity contribution in [1.82, 2.24) is 0 Å². The zero-order valence-electron chi connectivity index (χ0n) is 10.8. The molecule has 0 heterocycles. The Hall–Kier alpha value is -0.520. The summed E-state index contributed by atoms with van der Waals surface area (Å²) in [5.74, 6) is -1.27. The maximum absolute atomic E-state index is 14.0. The minimum absolute atomic E-state index is 0.0669. The summed E-state index contributed by atoms with van der Waals surface area (Å²) in [7, 11) is 1.52. The Bertz CT molecular complexity index is 467. The Morgan fingerprint density at radius 1 is 1.42 bits per heavy atom. The SMILES string of the molecule is COC1CCCCC1(O)Cc1c(F)ccc(Br)c1F. The molecule has 1 aromatic rings. The number of methoxy groups -OCH3 is 1. The highest BCUT2D eigenvalue weighted by Crippen LogP contribution is 2.35. The maximum atomic E-state index is 14.0. The number of aliphatic hydroxyl groups is 1. The number of rotatable bonds is 3. The van der Waals surface area contributed by atoms with E-state index < -0.39 is 17.2 Å². The van der Waals surface area contributed by atoms with Crippen LogP contribution in [0.15, 0.2) is 16.6 Å². The summed E-state index contributed by atoms with van der Waals surface area (Å²) in [4.78, 5) is 0. The number of hydrogen-bond donors (Lipinski definition) is 1. The summed E-state index contributed by atoms with van der Waals surface area (Å²) < 4.78 is 33.2. The normalized spacial score (nSPS) is 27.5. The van der Waals surface area contributed by atoms with Crippen molar-refractivity contribution in [2.75, 3.05) is 7.11 Å². The highest BCUT2D eigenvalue weighted by molar-refractivity contribution is 9.10. The lowest BCUT2D eigenvalue weighted by Gasteiger charge is -2.39. The third kappa shape index (κ3) is 2.98. The number of halogens is 3. The molecular formula is C14H17BrF2O2. The molecule has 0 saturated heterocycles. The molecular weight excluding hydrogens is 318 g/mol. The van der Waals surface area contributed by atoms with Gasteiger partial charge in [0, 0.05) is 19.1 Å². The lowest BCUT2D eigenvalue weighted by Crippen LogP contribution is -2.48. The smallest absolute Gasteiger partial charge is 0.143 e. The van der Waals surface area contributed by atoms with E-state index in [9.17, 15) is 13.9 Å². The van der Waals surface area contributed by atoms with Gasteiger partial charge in [0.05, 0.1) is 16.2 Å². The van der Waals surface area contributed by atoms with E-state index in [-0.39, 0.29) is 22.6 Å². The summed E-state index contributed by atoms with van der Waals surface area (Å²) in [6.07, 6.45) is 2.57. The van der Waals surface area contributed by atoms with Crippen LogP contribution in [-0.4, -0.2) is 23.9 Å². The first-order valence-corrected chi connectivity index (χ1v) is 7.15. The highest BCUT2D eigenvalue weighted by atomic mass is 79.9. The van der Waals surface area contributed by atoms with Gasteiger partial charge in [-0.15, -0.1) is 0 Å². The molecule has 0 bridgehead atoms. The van der Waals surface area contributed by atoms with E-state index in [0.717, 1.165) is 12.8 Å². The summed E-state index contributed by atoms with van der Waals surface area (Å²) in [5.41, 5.74) is -1.28. The Labute approximate surface area is 119 Å². The molecule has 1 saturated carbocycles. The van der Waals surface area contributed by atoms with Crippen LogP contribution in [0.1, 0.15) is 31.2 Å². The topological polar surface area (TPSA) is 29.5 Å². The zero-order chi connectivity index (χ0) is 14.0. The fraction of sp³-hybridized carbons (Fsp3) is 0.571. The van der Waals surface area contributed by atoms with Crippen molar-refractivity contribution in [3.63, 3.8) is 0 Å². The van der Waals surface area contributed by atoms with Gasteiger partial charge in [-0.3, -0.25) is 0 Å². The summed E-state index contributed by atoms with van der Waals surface area (Å²) in [5, 5.41) is 10.7. The van der Waals surface area contributed by atoms with Crippen molar-refractivity contribution in [2.24, 2.45) is 0 Å². The first-order chi connectivity index (χ1) is 8.98. The quantitative estimate of drug-likeness (QED) is 0.856. The predicted octanol–water partition coefficient (Wildman–Crippen LogP) is 3.59. The minimum atomic E-state index is -1.20. The molecule has 2 nitrogen and oxygen atoms in total. The molecule has 2 rings (SSSR count). The van der Waals surface area contributed by atoms with E-state index in [2.05, 4.69) is 15.9 Å². The first kappa shape index (κ1) is 14.9. The third-order valence-corrected chi connectivity index (χ3v) is 4.44. The van der Waals surface area contributed by atoms with Crippen LogP contribution in [0.2, 0.25) is 0 Å². The average molecular weight is 335 g/mol. The molecule has 2 unspecified atom stereocenters. The van der Waals surface area contributed by atoms with Crippen LogP contribution in [-0.2, 0) is 11.2 Å². The molecule has 1 aliphatic rings. The van der Waals surface area contributed by atoms with E-state index in [1.165, 1.54) is 19.2 Å². The molecule has 2 atom stereocenters. The molecule has 1 aliphatic carbocycles. The second-order valence-electron chi connectivity index (χ2n) is 5.07. The average Bonchev–Trinajstić information content (AvgIpc) is 2.40. The second kappa shape index (κ2) is 5.85. The summed E-state index contributed by atoms with van der Waals surface area (Å²) in [6, 6.07) is 2.53. The van der Waals surface area contributed by atoms with Gasteiger partial charge in [-0.2, -0.15) is 0 Å². The van der Waals surface area contributed by atoms with Crippen molar-refractivity contribution in [1.29, 1.82) is 0 Å². The van der Waals surface area contributed by atoms with Crippen molar-refractivity contribution in [3.8, 4) is 0 Å². The minimum Gasteiger partial charge on any atom is -0.387 e. The molecule has 0 amide bonds. The van der Waals surface area contributed by atoms with Gasteiger partial charge < -0.3 is 9.84 Å². The lowest BCUT2D eigenvalue weighted by molar-refractivity contribution is -0.116. The number of benzene rings is 1. The van der Waals surface area contributed by atoms with E-state index in [1.54, 1.807) is 0 Å². The van der Waals surface area contributed by atoms with Gasteiger partial charge >= 0.3 is 0 Å². The highest BCUT2D eigenvalue weighted by Gasteiger charge is 2.40. The van der Waals surface area contributed by atoms with Gasteiger partial charge in [0.2, 0.25) is 0 Å². The molecule has 0 aromatic heterocycles. The first-order valence-electron chi connectivity index (χ1n) is 6.35. The van der Waals surface area contributed by atoms with Crippen molar-refractivity contribution < 1.29 is 18.6 Å². The zero-order valence-corrected chi connectivity index (χ0v) is 12.3. The lowest BCUT2D eigenvalue weighted by atomic mass is 9.78.